The number of fused-ring (bicyclic) bond motifs is 1. The summed E-state index contributed by atoms with van der Waals surface area (Å²) in [4.78, 5) is 32.4. The van der Waals surface area contributed by atoms with Crippen molar-refractivity contribution < 1.29 is 14.3 Å². The molecule has 6 nitrogen and oxygen atoms in total. The van der Waals surface area contributed by atoms with Gasteiger partial charge < -0.3 is 19.4 Å². The van der Waals surface area contributed by atoms with E-state index in [1.54, 1.807) is 4.90 Å². The lowest BCUT2D eigenvalue weighted by Crippen LogP contribution is -2.51. The molecule has 3 heterocycles. The lowest BCUT2D eigenvalue weighted by atomic mass is 9.93. The molecule has 2 atom stereocenters. The molecule has 2 unspecified atom stereocenters. The predicted molar refractivity (Wildman–Crippen MR) is 154 cm³/mol. The third-order valence-corrected chi connectivity index (χ3v) is 9.48. The van der Waals surface area contributed by atoms with Crippen LogP contribution in [0, 0.1) is 5.92 Å². The van der Waals surface area contributed by atoms with Gasteiger partial charge in [-0.3, -0.25) is 9.59 Å². The zero-order valence-corrected chi connectivity index (χ0v) is 23.7. The summed E-state index contributed by atoms with van der Waals surface area (Å²) >= 11 is 13.5. The van der Waals surface area contributed by atoms with Gasteiger partial charge >= 0.3 is 0 Å². The molecule has 3 aliphatic heterocycles. The third kappa shape index (κ3) is 5.57. The highest BCUT2D eigenvalue weighted by Gasteiger charge is 2.37. The van der Waals surface area contributed by atoms with Crippen LogP contribution in [0.3, 0.4) is 0 Å². The summed E-state index contributed by atoms with van der Waals surface area (Å²) in [6.45, 7) is 3.68. The van der Waals surface area contributed by atoms with Gasteiger partial charge in [-0.05, 0) is 66.6 Å². The topological polar surface area (TPSA) is 53.1 Å². The van der Waals surface area contributed by atoms with Crippen LogP contribution >= 0.6 is 23.2 Å². The van der Waals surface area contributed by atoms with Gasteiger partial charge in [0.05, 0.1) is 19.3 Å². The predicted octanol–water partition coefficient (Wildman–Crippen LogP) is 6.01. The molecule has 1 saturated carbocycles. The van der Waals surface area contributed by atoms with Gasteiger partial charge in [0.25, 0.3) is 5.91 Å². The van der Waals surface area contributed by atoms with E-state index in [4.69, 9.17) is 27.9 Å². The lowest BCUT2D eigenvalue weighted by Gasteiger charge is -2.40. The van der Waals surface area contributed by atoms with Crippen LogP contribution in [-0.2, 0) is 16.0 Å². The highest BCUT2D eigenvalue weighted by atomic mass is 35.5. The number of rotatable bonds is 5. The normalized spacial score (nSPS) is 23.8. The Morgan fingerprint density at radius 3 is 2.38 bits per heavy atom. The first-order valence-corrected chi connectivity index (χ1v) is 14.9. The molecule has 3 fully saturated rings. The smallest absolute Gasteiger partial charge is 0.257 e. The van der Waals surface area contributed by atoms with E-state index in [0.29, 0.717) is 41.2 Å². The Labute approximate surface area is 240 Å². The molecule has 206 valence electrons. The van der Waals surface area contributed by atoms with Gasteiger partial charge in [0.2, 0.25) is 5.91 Å². The molecular weight excluding hydrogens is 533 g/mol. The summed E-state index contributed by atoms with van der Waals surface area (Å²) in [5, 5.41) is 1.17. The van der Waals surface area contributed by atoms with E-state index in [1.165, 1.54) is 19.3 Å². The van der Waals surface area contributed by atoms with Crippen LogP contribution in [0.1, 0.15) is 54.4 Å². The fourth-order valence-corrected chi connectivity index (χ4v) is 7.16. The first kappa shape index (κ1) is 26.7. The van der Waals surface area contributed by atoms with Crippen LogP contribution < -0.4 is 0 Å². The van der Waals surface area contributed by atoms with E-state index < -0.39 is 0 Å². The van der Waals surface area contributed by atoms with E-state index >= 15 is 0 Å². The maximum atomic E-state index is 13.2. The molecule has 0 bridgehead atoms. The van der Waals surface area contributed by atoms with Crippen LogP contribution in [-0.4, -0.2) is 71.4 Å². The minimum Gasteiger partial charge on any atom is -0.377 e. The molecule has 8 heteroatoms. The van der Waals surface area contributed by atoms with E-state index in [0.717, 1.165) is 55.6 Å². The second-order valence-corrected chi connectivity index (χ2v) is 12.0. The van der Waals surface area contributed by atoms with Crippen LogP contribution in [0.4, 0.5) is 0 Å². The minimum atomic E-state index is -0.0610. The van der Waals surface area contributed by atoms with Crippen LogP contribution in [0.5, 0.6) is 0 Å². The molecule has 2 aromatic rings. The molecule has 2 aromatic carbocycles. The van der Waals surface area contributed by atoms with E-state index in [9.17, 15) is 9.59 Å². The maximum absolute atomic E-state index is 13.2. The van der Waals surface area contributed by atoms with Crippen molar-refractivity contribution in [1.82, 2.24) is 14.7 Å². The first-order chi connectivity index (χ1) is 19.0. The van der Waals surface area contributed by atoms with Gasteiger partial charge in [-0.15, -0.1) is 0 Å². The largest absolute Gasteiger partial charge is 0.377 e. The van der Waals surface area contributed by atoms with Gasteiger partial charge in [-0.1, -0.05) is 54.6 Å². The SMILES string of the molecule is O=C(c1ccc(-c2cc(Cl)c(CC3CCN(C4CCCCC4)C3=O)c(Cl)c2)cc1)N1C=CN2CCOCC2C1. The Balaban J connectivity index is 1.12. The van der Waals surface area contributed by atoms with Crippen molar-refractivity contribution in [3.05, 3.63) is 70.0 Å². The van der Waals surface area contributed by atoms with E-state index in [1.807, 2.05) is 48.8 Å². The quantitative estimate of drug-likeness (QED) is 0.443. The summed E-state index contributed by atoms with van der Waals surface area (Å²) in [7, 11) is 0. The number of nitrogens with zero attached hydrogens (tertiary/aromatic N) is 3. The fraction of sp³-hybridized carbons (Fsp3) is 0.484. The average molecular weight is 569 g/mol. The molecule has 4 aliphatic rings. The second-order valence-electron chi connectivity index (χ2n) is 11.2. The summed E-state index contributed by atoms with van der Waals surface area (Å²) in [5.41, 5.74) is 3.30. The van der Waals surface area contributed by atoms with Crippen molar-refractivity contribution >= 4 is 35.0 Å². The van der Waals surface area contributed by atoms with Crippen molar-refractivity contribution in [3.8, 4) is 11.1 Å². The van der Waals surface area contributed by atoms with Gasteiger partial charge in [-0.25, -0.2) is 0 Å². The Kier molecular flexibility index (Phi) is 7.88. The van der Waals surface area contributed by atoms with Crippen molar-refractivity contribution in [1.29, 1.82) is 0 Å². The number of likely N-dealkylation sites (tertiary alicyclic amines) is 1. The molecule has 1 aliphatic carbocycles. The number of halogens is 2. The molecule has 0 N–H and O–H groups in total. The summed E-state index contributed by atoms with van der Waals surface area (Å²) < 4.78 is 5.58. The van der Waals surface area contributed by atoms with Crippen LogP contribution in [0.25, 0.3) is 11.1 Å². The standard InChI is InChI=1S/C31H35Cl2N3O3/c32-28-17-24(18-29(33)27(28)16-23-10-11-36(31(23)38)25-4-2-1-3-5-25)21-6-8-22(9-7-21)30(37)35-13-12-34-14-15-39-20-26(34)19-35/h6-9,12-13,17-18,23,25-26H,1-5,10-11,14-16,19-20H2. The molecule has 0 radical (unpaired) electrons. The molecule has 0 aromatic heterocycles. The number of benzene rings is 2. The second kappa shape index (κ2) is 11.5. The monoisotopic (exact) mass is 567 g/mol. The number of morpholine rings is 1. The van der Waals surface area contributed by atoms with Crippen molar-refractivity contribution in [2.24, 2.45) is 5.92 Å². The molecule has 39 heavy (non-hydrogen) atoms. The number of amides is 2. The van der Waals surface area contributed by atoms with Gasteiger partial charge in [0.15, 0.2) is 0 Å². The van der Waals surface area contributed by atoms with Crippen LogP contribution in [0.2, 0.25) is 10.0 Å². The Morgan fingerprint density at radius 1 is 0.897 bits per heavy atom. The Bertz CT molecular complexity index is 1240. The molecule has 2 amide bonds. The van der Waals surface area contributed by atoms with Crippen molar-refractivity contribution in [2.45, 2.75) is 57.0 Å². The van der Waals surface area contributed by atoms with Gasteiger partial charge in [0, 0.05) is 59.6 Å². The zero-order chi connectivity index (χ0) is 26.9. The molecule has 0 spiro atoms. The van der Waals surface area contributed by atoms with E-state index in [-0.39, 0.29) is 23.8 Å². The zero-order valence-electron chi connectivity index (χ0n) is 22.2. The van der Waals surface area contributed by atoms with Gasteiger partial charge in [0.1, 0.15) is 0 Å². The summed E-state index contributed by atoms with van der Waals surface area (Å²) in [5.74, 6) is 0.165. The number of carbonyl (C=O) groups excluding carboxylic acids is 2. The average Bonchev–Trinajstić information content (AvgIpc) is 3.34. The fourth-order valence-electron chi connectivity index (χ4n) is 6.52. The van der Waals surface area contributed by atoms with Gasteiger partial charge in [-0.2, -0.15) is 0 Å². The van der Waals surface area contributed by atoms with Crippen molar-refractivity contribution in [2.75, 3.05) is 32.8 Å². The number of ether oxygens (including phenoxy) is 1. The number of hydrogen-bond donors (Lipinski definition) is 0. The van der Waals surface area contributed by atoms with Crippen molar-refractivity contribution in [3.63, 3.8) is 0 Å². The highest BCUT2D eigenvalue weighted by Crippen LogP contribution is 2.36. The number of carbonyl (C=O) groups is 2. The molecule has 2 saturated heterocycles. The minimum absolute atomic E-state index is 0.0297. The Morgan fingerprint density at radius 2 is 1.64 bits per heavy atom. The van der Waals surface area contributed by atoms with E-state index in [2.05, 4.69) is 9.80 Å². The Hall–Kier alpha value is -2.54. The number of hydrogen-bond acceptors (Lipinski definition) is 4. The summed E-state index contributed by atoms with van der Waals surface area (Å²) in [6, 6.07) is 12.0. The third-order valence-electron chi connectivity index (χ3n) is 8.80. The lowest BCUT2D eigenvalue weighted by molar-refractivity contribution is -0.133. The summed E-state index contributed by atoms with van der Waals surface area (Å²) in [6.07, 6.45) is 11.3. The highest BCUT2D eigenvalue weighted by molar-refractivity contribution is 6.36. The maximum Gasteiger partial charge on any atom is 0.257 e. The first-order valence-electron chi connectivity index (χ1n) is 14.2. The molecular formula is C31H35Cl2N3O3. The molecule has 6 rings (SSSR count). The van der Waals surface area contributed by atoms with Crippen LogP contribution in [0.15, 0.2) is 48.8 Å².